The lowest BCUT2D eigenvalue weighted by molar-refractivity contribution is 0.0696. The van der Waals surface area contributed by atoms with Crippen LogP contribution in [0.3, 0.4) is 0 Å². The third-order valence-corrected chi connectivity index (χ3v) is 4.67. The topological polar surface area (TPSA) is 84.3 Å². The average molecular weight is 291 g/mol. The van der Waals surface area contributed by atoms with Crippen LogP contribution in [0.1, 0.15) is 21.5 Å². The second-order valence-corrected chi connectivity index (χ2v) is 6.36. The molecular weight excluding hydrogens is 278 g/mol. The summed E-state index contributed by atoms with van der Waals surface area (Å²) in [7, 11) is -3.60. The number of hydrogen-bond donors (Lipinski definition) is 1. The van der Waals surface area contributed by atoms with Crippen molar-refractivity contribution >= 4 is 15.8 Å². The molecule has 6 heteroatoms. The number of rotatable bonds is 4. The molecule has 0 saturated carbocycles. The van der Waals surface area contributed by atoms with Gasteiger partial charge in [0, 0.05) is 12.4 Å². The highest BCUT2D eigenvalue weighted by atomic mass is 32.2. The van der Waals surface area contributed by atoms with Gasteiger partial charge in [-0.25, -0.2) is 13.2 Å². The fraction of sp³-hybridized carbons (Fsp3) is 0.143. The highest BCUT2D eigenvalue weighted by molar-refractivity contribution is 7.90. The molecule has 0 bridgehead atoms. The molecule has 1 aromatic carbocycles. The number of carboxylic acids is 1. The Labute approximate surface area is 116 Å². The third-order valence-electron chi connectivity index (χ3n) is 2.85. The van der Waals surface area contributed by atoms with Crippen LogP contribution in [0, 0.1) is 6.92 Å². The molecule has 2 rings (SSSR count). The first-order chi connectivity index (χ1) is 9.40. The smallest absolute Gasteiger partial charge is 0.335 e. The van der Waals surface area contributed by atoms with Crippen LogP contribution < -0.4 is 0 Å². The second-order valence-electron chi connectivity index (χ2n) is 4.41. The van der Waals surface area contributed by atoms with E-state index in [9.17, 15) is 13.2 Å². The number of benzene rings is 1. The molecule has 0 aliphatic carbocycles. The number of pyridine rings is 1. The summed E-state index contributed by atoms with van der Waals surface area (Å²) in [4.78, 5) is 14.9. The van der Waals surface area contributed by atoms with Gasteiger partial charge in [-0.2, -0.15) is 0 Å². The molecule has 20 heavy (non-hydrogen) atoms. The number of nitrogens with zero attached hydrogens (tertiary/aromatic N) is 1. The lowest BCUT2D eigenvalue weighted by Gasteiger charge is -2.08. The molecule has 0 atom stereocenters. The maximum absolute atomic E-state index is 12.4. The van der Waals surface area contributed by atoms with Crippen molar-refractivity contribution in [2.75, 3.05) is 0 Å². The first-order valence-corrected chi connectivity index (χ1v) is 7.51. The molecule has 5 nitrogen and oxygen atoms in total. The quantitative estimate of drug-likeness (QED) is 0.932. The SMILES string of the molecule is Cc1ccc(C(=O)O)cc1S(=O)(=O)Cc1cccnc1. The molecule has 0 unspecified atom stereocenters. The highest BCUT2D eigenvalue weighted by Gasteiger charge is 2.19. The van der Waals surface area contributed by atoms with Gasteiger partial charge in [-0.05, 0) is 36.2 Å². The molecule has 0 saturated heterocycles. The lowest BCUT2D eigenvalue weighted by atomic mass is 10.1. The average Bonchev–Trinajstić information content (AvgIpc) is 2.39. The Morgan fingerprint density at radius 2 is 2.05 bits per heavy atom. The van der Waals surface area contributed by atoms with Gasteiger partial charge < -0.3 is 5.11 Å². The summed E-state index contributed by atoms with van der Waals surface area (Å²) < 4.78 is 24.8. The Morgan fingerprint density at radius 1 is 1.30 bits per heavy atom. The minimum absolute atomic E-state index is 0.0413. The van der Waals surface area contributed by atoms with E-state index in [1.165, 1.54) is 24.4 Å². The van der Waals surface area contributed by atoms with Crippen molar-refractivity contribution in [3.05, 3.63) is 59.4 Å². The zero-order valence-corrected chi connectivity index (χ0v) is 11.6. The standard InChI is InChI=1S/C14H13NO4S/c1-10-4-5-12(14(16)17)7-13(10)20(18,19)9-11-3-2-6-15-8-11/h2-8H,9H2,1H3,(H,16,17). The van der Waals surface area contributed by atoms with Crippen molar-refractivity contribution in [1.29, 1.82) is 0 Å². The molecule has 0 radical (unpaired) electrons. The molecule has 0 amide bonds. The molecular formula is C14H13NO4S. The molecule has 1 N–H and O–H groups in total. The van der Waals surface area contributed by atoms with Crippen LogP contribution >= 0.6 is 0 Å². The second kappa shape index (κ2) is 5.42. The van der Waals surface area contributed by atoms with E-state index in [0.29, 0.717) is 11.1 Å². The maximum atomic E-state index is 12.4. The summed E-state index contributed by atoms with van der Waals surface area (Å²) in [5, 5.41) is 8.95. The fourth-order valence-electron chi connectivity index (χ4n) is 1.85. The molecule has 104 valence electrons. The van der Waals surface area contributed by atoms with Gasteiger partial charge in [0.1, 0.15) is 0 Å². The molecule has 1 heterocycles. The van der Waals surface area contributed by atoms with E-state index in [-0.39, 0.29) is 16.2 Å². The number of aromatic nitrogens is 1. The largest absolute Gasteiger partial charge is 0.478 e. The van der Waals surface area contributed by atoms with Crippen LogP contribution in [0.2, 0.25) is 0 Å². The predicted octanol–water partition coefficient (Wildman–Crippen LogP) is 2.06. The monoisotopic (exact) mass is 291 g/mol. The van der Waals surface area contributed by atoms with Crippen LogP contribution in [0.15, 0.2) is 47.6 Å². The van der Waals surface area contributed by atoms with Crippen LogP contribution in [-0.4, -0.2) is 24.5 Å². The molecule has 1 aromatic heterocycles. The van der Waals surface area contributed by atoms with Gasteiger partial charge in [-0.15, -0.1) is 0 Å². The predicted molar refractivity (Wildman–Crippen MR) is 73.3 cm³/mol. The van der Waals surface area contributed by atoms with Crippen LogP contribution in [0.25, 0.3) is 0 Å². The van der Waals surface area contributed by atoms with Gasteiger partial charge in [0.05, 0.1) is 16.2 Å². The van der Waals surface area contributed by atoms with E-state index < -0.39 is 15.8 Å². The maximum Gasteiger partial charge on any atom is 0.335 e. The van der Waals surface area contributed by atoms with E-state index in [0.717, 1.165) is 0 Å². The van der Waals surface area contributed by atoms with Gasteiger partial charge in [0.2, 0.25) is 0 Å². The van der Waals surface area contributed by atoms with E-state index in [1.54, 1.807) is 25.3 Å². The van der Waals surface area contributed by atoms with E-state index >= 15 is 0 Å². The summed E-state index contributed by atoms with van der Waals surface area (Å²) in [6, 6.07) is 7.41. The first-order valence-electron chi connectivity index (χ1n) is 5.86. The van der Waals surface area contributed by atoms with E-state index in [2.05, 4.69) is 4.98 Å². The number of aromatic carboxylic acids is 1. The van der Waals surface area contributed by atoms with Crippen LogP contribution in [-0.2, 0) is 15.6 Å². The van der Waals surface area contributed by atoms with Crippen molar-refractivity contribution in [3.8, 4) is 0 Å². The summed E-state index contributed by atoms with van der Waals surface area (Å²) in [5.41, 5.74) is 1.05. The molecule has 0 aliphatic heterocycles. The summed E-state index contributed by atoms with van der Waals surface area (Å²) >= 11 is 0. The Morgan fingerprint density at radius 3 is 2.65 bits per heavy atom. The van der Waals surface area contributed by atoms with Gasteiger partial charge >= 0.3 is 5.97 Å². The normalized spacial score (nSPS) is 11.2. The number of hydrogen-bond acceptors (Lipinski definition) is 4. The van der Waals surface area contributed by atoms with Crippen molar-refractivity contribution in [1.82, 2.24) is 4.98 Å². The van der Waals surface area contributed by atoms with Crippen molar-refractivity contribution in [2.24, 2.45) is 0 Å². The first kappa shape index (κ1) is 14.2. The molecule has 0 spiro atoms. The van der Waals surface area contributed by atoms with Gasteiger partial charge in [0.25, 0.3) is 0 Å². The third kappa shape index (κ3) is 3.03. The number of aryl methyl sites for hydroxylation is 1. The summed E-state index contributed by atoms with van der Waals surface area (Å²) in [5.74, 6) is -1.35. The minimum Gasteiger partial charge on any atom is -0.478 e. The van der Waals surface area contributed by atoms with Crippen LogP contribution in [0.4, 0.5) is 0 Å². The summed E-state index contributed by atoms with van der Waals surface area (Å²) in [6.45, 7) is 1.64. The highest BCUT2D eigenvalue weighted by Crippen LogP contribution is 2.21. The Hall–Kier alpha value is -2.21. The Bertz CT molecular complexity index is 739. The van der Waals surface area contributed by atoms with Gasteiger partial charge in [-0.3, -0.25) is 4.98 Å². The number of carboxylic acid groups (broad SMARTS) is 1. The van der Waals surface area contributed by atoms with Crippen molar-refractivity contribution < 1.29 is 18.3 Å². The van der Waals surface area contributed by atoms with Gasteiger partial charge in [-0.1, -0.05) is 12.1 Å². The van der Waals surface area contributed by atoms with Crippen molar-refractivity contribution in [2.45, 2.75) is 17.6 Å². The van der Waals surface area contributed by atoms with Crippen LogP contribution in [0.5, 0.6) is 0 Å². The van der Waals surface area contributed by atoms with E-state index in [4.69, 9.17) is 5.11 Å². The fourth-order valence-corrected chi connectivity index (χ4v) is 3.48. The molecule has 2 aromatic rings. The summed E-state index contributed by atoms with van der Waals surface area (Å²) in [6.07, 6.45) is 3.04. The zero-order chi connectivity index (χ0) is 14.8. The number of sulfone groups is 1. The lowest BCUT2D eigenvalue weighted by Crippen LogP contribution is -2.09. The Kier molecular flexibility index (Phi) is 3.85. The molecule has 0 fully saturated rings. The van der Waals surface area contributed by atoms with Gasteiger partial charge in [0.15, 0.2) is 9.84 Å². The molecule has 0 aliphatic rings. The zero-order valence-electron chi connectivity index (χ0n) is 10.8. The Balaban J connectivity index is 2.44. The van der Waals surface area contributed by atoms with Crippen molar-refractivity contribution in [3.63, 3.8) is 0 Å². The minimum atomic E-state index is -3.60. The number of carbonyl (C=O) groups is 1. The van der Waals surface area contributed by atoms with E-state index in [1.807, 2.05) is 0 Å².